The van der Waals surface area contributed by atoms with E-state index >= 15 is 0 Å². The van der Waals surface area contributed by atoms with Crippen LogP contribution in [0.2, 0.25) is 0 Å². The van der Waals surface area contributed by atoms with E-state index in [0.717, 1.165) is 10.6 Å². The summed E-state index contributed by atoms with van der Waals surface area (Å²) in [6.45, 7) is 0. The van der Waals surface area contributed by atoms with Crippen LogP contribution in [0, 0.1) is 0 Å². The van der Waals surface area contributed by atoms with E-state index in [0.29, 0.717) is 10.2 Å². The Labute approximate surface area is 110 Å². The fourth-order valence-corrected chi connectivity index (χ4v) is 2.51. The number of thiazole rings is 1. The van der Waals surface area contributed by atoms with E-state index < -0.39 is 5.97 Å². The van der Waals surface area contributed by atoms with E-state index in [1.54, 1.807) is 23.6 Å². The van der Waals surface area contributed by atoms with E-state index in [-0.39, 0.29) is 12.2 Å². The number of aliphatic carboxylic acids is 1. The van der Waals surface area contributed by atoms with Crippen LogP contribution >= 0.6 is 27.3 Å². The van der Waals surface area contributed by atoms with Gasteiger partial charge in [0.05, 0.1) is 16.6 Å². The molecule has 2 N–H and O–H groups in total. The number of aromatic hydroxyl groups is 1. The Bertz CT molecular complexity index is 568. The maximum absolute atomic E-state index is 10.5. The molecule has 2 rings (SSSR count). The van der Waals surface area contributed by atoms with Crippen molar-refractivity contribution in [3.63, 3.8) is 0 Å². The van der Waals surface area contributed by atoms with Crippen molar-refractivity contribution in [3.8, 4) is 16.3 Å². The monoisotopic (exact) mass is 313 g/mol. The minimum absolute atomic E-state index is 0.0737. The van der Waals surface area contributed by atoms with Gasteiger partial charge in [-0.25, -0.2) is 4.98 Å². The molecule has 0 aliphatic heterocycles. The molecule has 0 bridgehead atoms. The number of hydrogen-bond donors (Lipinski definition) is 2. The Kier molecular flexibility index (Phi) is 3.44. The fraction of sp³-hybridized carbons (Fsp3) is 0.0909. The molecule has 0 aliphatic carbocycles. The number of carboxylic acids is 1. The highest BCUT2D eigenvalue weighted by molar-refractivity contribution is 9.10. The average molecular weight is 314 g/mol. The number of aromatic nitrogens is 1. The minimum atomic E-state index is -0.895. The molecule has 0 unspecified atom stereocenters. The Morgan fingerprint density at radius 1 is 1.47 bits per heavy atom. The standard InChI is InChI=1S/C11H8BrNO3S/c12-8-3-6(1-2-9(8)14)11-13-7(5-17-11)4-10(15)16/h1-3,5,14H,4H2,(H,15,16). The van der Waals surface area contributed by atoms with Gasteiger partial charge in [0.2, 0.25) is 0 Å². The first kappa shape index (κ1) is 12.1. The van der Waals surface area contributed by atoms with Crippen LogP contribution in [0.15, 0.2) is 28.1 Å². The topological polar surface area (TPSA) is 70.4 Å². The number of halogens is 1. The summed E-state index contributed by atoms with van der Waals surface area (Å²) in [5, 5.41) is 20.5. The van der Waals surface area contributed by atoms with Crippen LogP contribution in [0.3, 0.4) is 0 Å². The number of nitrogens with zero attached hydrogens (tertiary/aromatic N) is 1. The van der Waals surface area contributed by atoms with Gasteiger partial charge in [-0.15, -0.1) is 11.3 Å². The number of benzene rings is 1. The van der Waals surface area contributed by atoms with Crippen LogP contribution in [0.1, 0.15) is 5.69 Å². The highest BCUT2D eigenvalue weighted by Crippen LogP contribution is 2.31. The van der Waals surface area contributed by atoms with Crippen LogP contribution in [-0.4, -0.2) is 21.2 Å². The normalized spacial score (nSPS) is 10.4. The van der Waals surface area contributed by atoms with Crippen molar-refractivity contribution in [2.24, 2.45) is 0 Å². The summed E-state index contributed by atoms with van der Waals surface area (Å²) in [5.74, 6) is -0.732. The first-order chi connectivity index (χ1) is 8.06. The van der Waals surface area contributed by atoms with Gasteiger partial charge in [0.25, 0.3) is 0 Å². The summed E-state index contributed by atoms with van der Waals surface area (Å²) < 4.78 is 0.588. The van der Waals surface area contributed by atoms with Crippen LogP contribution in [-0.2, 0) is 11.2 Å². The molecule has 0 atom stereocenters. The van der Waals surface area contributed by atoms with Gasteiger partial charge in [-0.3, -0.25) is 4.79 Å². The molecule has 1 heterocycles. The zero-order valence-electron chi connectivity index (χ0n) is 8.55. The zero-order chi connectivity index (χ0) is 12.4. The number of rotatable bonds is 3. The lowest BCUT2D eigenvalue weighted by Crippen LogP contribution is -1.99. The summed E-state index contributed by atoms with van der Waals surface area (Å²) in [6, 6.07) is 5.06. The van der Waals surface area contributed by atoms with E-state index in [4.69, 9.17) is 5.11 Å². The number of phenolic OH excluding ortho intramolecular Hbond substituents is 1. The Morgan fingerprint density at radius 3 is 2.88 bits per heavy atom. The lowest BCUT2D eigenvalue weighted by atomic mass is 10.2. The predicted octanol–water partition coefficient (Wildman–Crippen LogP) is 2.91. The van der Waals surface area contributed by atoms with Gasteiger partial charge in [-0.2, -0.15) is 0 Å². The lowest BCUT2D eigenvalue weighted by molar-refractivity contribution is -0.136. The molecule has 17 heavy (non-hydrogen) atoms. The third-order valence-corrected chi connectivity index (χ3v) is 3.65. The molecular formula is C11H8BrNO3S. The molecule has 0 saturated carbocycles. The average Bonchev–Trinajstić information content (AvgIpc) is 2.69. The molecule has 2 aromatic rings. The molecular weight excluding hydrogens is 306 g/mol. The summed E-state index contributed by atoms with van der Waals surface area (Å²) >= 11 is 4.61. The summed E-state index contributed by atoms with van der Waals surface area (Å²) in [7, 11) is 0. The molecule has 6 heteroatoms. The second-order valence-electron chi connectivity index (χ2n) is 3.38. The van der Waals surface area contributed by atoms with Crippen LogP contribution in [0.5, 0.6) is 5.75 Å². The van der Waals surface area contributed by atoms with Crippen LogP contribution < -0.4 is 0 Å². The summed E-state index contributed by atoms with van der Waals surface area (Å²) in [6.07, 6.45) is -0.0737. The molecule has 1 aromatic heterocycles. The molecule has 0 aliphatic rings. The first-order valence-corrected chi connectivity index (χ1v) is 6.38. The van der Waals surface area contributed by atoms with Gasteiger partial charge in [0.15, 0.2) is 0 Å². The number of carbonyl (C=O) groups is 1. The van der Waals surface area contributed by atoms with E-state index in [1.807, 2.05) is 0 Å². The van der Waals surface area contributed by atoms with Gasteiger partial charge >= 0.3 is 5.97 Å². The molecule has 0 amide bonds. The second kappa shape index (κ2) is 4.85. The Morgan fingerprint density at radius 2 is 2.24 bits per heavy atom. The maximum atomic E-state index is 10.5. The molecule has 0 radical (unpaired) electrons. The van der Waals surface area contributed by atoms with Gasteiger partial charge in [0.1, 0.15) is 10.8 Å². The van der Waals surface area contributed by atoms with E-state index in [9.17, 15) is 9.90 Å². The van der Waals surface area contributed by atoms with Gasteiger partial charge in [-0.05, 0) is 34.1 Å². The highest BCUT2D eigenvalue weighted by Gasteiger charge is 2.09. The minimum Gasteiger partial charge on any atom is -0.507 e. The van der Waals surface area contributed by atoms with Crippen molar-refractivity contribution in [2.45, 2.75) is 6.42 Å². The Hall–Kier alpha value is -1.40. The van der Waals surface area contributed by atoms with Gasteiger partial charge in [0, 0.05) is 10.9 Å². The van der Waals surface area contributed by atoms with Gasteiger partial charge < -0.3 is 10.2 Å². The van der Waals surface area contributed by atoms with Crippen LogP contribution in [0.4, 0.5) is 0 Å². The Balaban J connectivity index is 2.30. The first-order valence-electron chi connectivity index (χ1n) is 4.71. The molecule has 1 aromatic carbocycles. The van der Waals surface area contributed by atoms with Crippen LogP contribution in [0.25, 0.3) is 10.6 Å². The number of carboxylic acid groups (broad SMARTS) is 1. The smallest absolute Gasteiger partial charge is 0.309 e. The quantitative estimate of drug-likeness (QED) is 0.914. The largest absolute Gasteiger partial charge is 0.507 e. The van der Waals surface area contributed by atoms with Crippen molar-refractivity contribution < 1.29 is 15.0 Å². The van der Waals surface area contributed by atoms with E-state index in [1.165, 1.54) is 11.3 Å². The third-order valence-electron chi connectivity index (χ3n) is 2.08. The van der Waals surface area contributed by atoms with Crippen molar-refractivity contribution in [2.75, 3.05) is 0 Å². The van der Waals surface area contributed by atoms with E-state index in [2.05, 4.69) is 20.9 Å². The molecule has 88 valence electrons. The zero-order valence-corrected chi connectivity index (χ0v) is 11.0. The van der Waals surface area contributed by atoms with Crippen molar-refractivity contribution in [1.82, 2.24) is 4.98 Å². The van der Waals surface area contributed by atoms with Crippen molar-refractivity contribution in [1.29, 1.82) is 0 Å². The molecule has 4 nitrogen and oxygen atoms in total. The van der Waals surface area contributed by atoms with Gasteiger partial charge in [-0.1, -0.05) is 0 Å². The van der Waals surface area contributed by atoms with Crippen molar-refractivity contribution in [3.05, 3.63) is 33.7 Å². The number of phenols is 1. The summed E-state index contributed by atoms with van der Waals surface area (Å²) in [4.78, 5) is 14.8. The third kappa shape index (κ3) is 2.83. The molecule has 0 fully saturated rings. The summed E-state index contributed by atoms with van der Waals surface area (Å²) in [5.41, 5.74) is 1.39. The predicted molar refractivity (Wildman–Crippen MR) is 68.3 cm³/mol. The molecule has 0 spiro atoms. The highest BCUT2D eigenvalue weighted by atomic mass is 79.9. The number of hydrogen-bond acceptors (Lipinski definition) is 4. The second-order valence-corrected chi connectivity index (χ2v) is 5.09. The fourth-order valence-electron chi connectivity index (χ4n) is 1.32. The van der Waals surface area contributed by atoms with Crippen molar-refractivity contribution >= 4 is 33.2 Å². The molecule has 0 saturated heterocycles. The SMILES string of the molecule is O=C(O)Cc1csc(-c2ccc(O)c(Br)c2)n1. The maximum Gasteiger partial charge on any atom is 0.309 e. The lowest BCUT2D eigenvalue weighted by Gasteiger charge is -1.99.